The lowest BCUT2D eigenvalue weighted by atomic mass is 10.2. The maximum atomic E-state index is 12.0. The van der Waals surface area contributed by atoms with Crippen LogP contribution in [0.4, 0.5) is 5.69 Å². The molecule has 0 radical (unpaired) electrons. The monoisotopic (exact) mass is 271 g/mol. The number of aromatic nitrogens is 2. The molecule has 0 saturated carbocycles. The summed E-state index contributed by atoms with van der Waals surface area (Å²) in [6.07, 6.45) is 1.55. The van der Waals surface area contributed by atoms with Crippen LogP contribution in [0.25, 0.3) is 0 Å². The number of anilines is 1. The first-order valence-electron chi connectivity index (χ1n) is 5.92. The number of carboxylic acids is 1. The van der Waals surface area contributed by atoms with Gasteiger partial charge in [0.05, 0.1) is 23.1 Å². The first kappa shape index (κ1) is 13.7. The van der Waals surface area contributed by atoms with Crippen LogP contribution < -0.4 is 5.32 Å². The molecule has 2 rings (SSSR count). The molecule has 2 heterocycles. The number of carboxylic acid groups (broad SMARTS) is 1. The van der Waals surface area contributed by atoms with Gasteiger partial charge in [-0.25, -0.2) is 9.78 Å². The topological polar surface area (TPSA) is 92.2 Å². The second kappa shape index (κ2) is 5.48. The molecular formula is C14H13N3O3. The first-order valence-corrected chi connectivity index (χ1v) is 5.92. The van der Waals surface area contributed by atoms with Gasteiger partial charge in [-0.3, -0.25) is 9.78 Å². The number of carbonyl (C=O) groups excluding carboxylic acids is 1. The van der Waals surface area contributed by atoms with Gasteiger partial charge in [0, 0.05) is 5.69 Å². The summed E-state index contributed by atoms with van der Waals surface area (Å²) >= 11 is 0. The Bertz CT molecular complexity index is 666. The second-order valence-corrected chi connectivity index (χ2v) is 4.28. The Labute approximate surface area is 115 Å². The molecular weight excluding hydrogens is 258 g/mol. The van der Waals surface area contributed by atoms with Crippen molar-refractivity contribution in [3.63, 3.8) is 0 Å². The van der Waals surface area contributed by atoms with Crippen molar-refractivity contribution in [3.8, 4) is 0 Å². The summed E-state index contributed by atoms with van der Waals surface area (Å²) in [6.45, 7) is 3.40. The number of nitrogens with zero attached hydrogens (tertiary/aromatic N) is 2. The van der Waals surface area contributed by atoms with Gasteiger partial charge in [-0.1, -0.05) is 0 Å². The van der Waals surface area contributed by atoms with Gasteiger partial charge in [0.1, 0.15) is 5.69 Å². The van der Waals surface area contributed by atoms with E-state index in [1.165, 1.54) is 12.1 Å². The molecule has 0 aromatic carbocycles. The zero-order valence-electron chi connectivity index (χ0n) is 11.0. The predicted molar refractivity (Wildman–Crippen MR) is 72.9 cm³/mol. The van der Waals surface area contributed by atoms with Crippen molar-refractivity contribution in [2.24, 2.45) is 0 Å². The van der Waals surface area contributed by atoms with Gasteiger partial charge < -0.3 is 10.4 Å². The highest BCUT2D eigenvalue weighted by Gasteiger charge is 2.13. The van der Waals surface area contributed by atoms with Crippen LogP contribution in [0, 0.1) is 13.8 Å². The molecule has 6 heteroatoms. The number of amides is 1. The van der Waals surface area contributed by atoms with Crippen molar-refractivity contribution in [1.29, 1.82) is 0 Å². The van der Waals surface area contributed by atoms with E-state index >= 15 is 0 Å². The van der Waals surface area contributed by atoms with E-state index < -0.39 is 11.9 Å². The normalized spacial score (nSPS) is 10.1. The number of carbonyl (C=O) groups is 2. The smallest absolute Gasteiger partial charge is 0.337 e. The number of pyridine rings is 2. The minimum atomic E-state index is -1.07. The van der Waals surface area contributed by atoms with E-state index in [1.54, 1.807) is 25.3 Å². The predicted octanol–water partition coefficient (Wildman–Crippen LogP) is 2.04. The summed E-state index contributed by atoms with van der Waals surface area (Å²) in [5.41, 5.74) is 1.95. The number of aryl methyl sites for hydroxylation is 2. The van der Waals surface area contributed by atoms with Crippen molar-refractivity contribution < 1.29 is 14.7 Å². The molecule has 0 fully saturated rings. The van der Waals surface area contributed by atoms with Crippen molar-refractivity contribution >= 4 is 17.6 Å². The summed E-state index contributed by atoms with van der Waals surface area (Å²) in [5, 5.41) is 11.6. The summed E-state index contributed by atoms with van der Waals surface area (Å²) in [5.74, 6) is -1.47. The summed E-state index contributed by atoms with van der Waals surface area (Å²) in [4.78, 5) is 30.9. The fraction of sp³-hybridized carbons (Fsp3) is 0.143. The van der Waals surface area contributed by atoms with Gasteiger partial charge in [-0.15, -0.1) is 0 Å². The Morgan fingerprint density at radius 1 is 1.15 bits per heavy atom. The second-order valence-electron chi connectivity index (χ2n) is 4.28. The van der Waals surface area contributed by atoms with Crippen LogP contribution in [0.5, 0.6) is 0 Å². The molecule has 0 aliphatic heterocycles. The Balaban J connectivity index is 2.19. The maximum absolute atomic E-state index is 12.0. The molecule has 6 nitrogen and oxygen atoms in total. The molecule has 0 atom stereocenters. The first-order chi connectivity index (χ1) is 9.47. The lowest BCUT2D eigenvalue weighted by molar-refractivity contribution is 0.0695. The van der Waals surface area contributed by atoms with Gasteiger partial charge in [0.15, 0.2) is 0 Å². The number of nitrogens with one attached hydrogen (secondary N) is 1. The third kappa shape index (κ3) is 2.97. The number of hydrogen-bond acceptors (Lipinski definition) is 4. The van der Waals surface area contributed by atoms with Gasteiger partial charge in [-0.05, 0) is 38.1 Å². The van der Waals surface area contributed by atoms with E-state index in [2.05, 4.69) is 15.3 Å². The standard InChI is InChI=1S/C14H13N3O3/c1-8-3-4-10(7-15-8)17-13(18)12-6-5-11(14(19)20)9(2)16-12/h3-7H,1-2H3,(H,17,18)(H,19,20). The Hall–Kier alpha value is -2.76. The number of rotatable bonds is 3. The summed E-state index contributed by atoms with van der Waals surface area (Å²) in [6, 6.07) is 6.26. The van der Waals surface area contributed by atoms with Gasteiger partial charge in [-0.2, -0.15) is 0 Å². The summed E-state index contributed by atoms with van der Waals surface area (Å²) in [7, 11) is 0. The van der Waals surface area contributed by atoms with Crippen molar-refractivity contribution in [3.05, 3.63) is 53.1 Å². The molecule has 0 unspecified atom stereocenters. The highest BCUT2D eigenvalue weighted by molar-refractivity contribution is 6.03. The molecule has 102 valence electrons. The summed E-state index contributed by atoms with van der Waals surface area (Å²) < 4.78 is 0. The van der Waals surface area contributed by atoms with Crippen LogP contribution in [0.15, 0.2) is 30.5 Å². The lowest BCUT2D eigenvalue weighted by Gasteiger charge is -2.06. The molecule has 1 amide bonds. The largest absolute Gasteiger partial charge is 0.478 e. The van der Waals surface area contributed by atoms with Crippen LogP contribution in [0.2, 0.25) is 0 Å². The van der Waals surface area contributed by atoms with Crippen LogP contribution in [-0.4, -0.2) is 27.0 Å². The quantitative estimate of drug-likeness (QED) is 0.891. The number of hydrogen-bond donors (Lipinski definition) is 2. The van der Waals surface area contributed by atoms with Crippen molar-refractivity contribution in [1.82, 2.24) is 9.97 Å². The zero-order valence-corrected chi connectivity index (χ0v) is 11.0. The SMILES string of the molecule is Cc1ccc(NC(=O)c2ccc(C(=O)O)c(C)n2)cn1. The maximum Gasteiger partial charge on any atom is 0.337 e. The highest BCUT2D eigenvalue weighted by atomic mass is 16.4. The fourth-order valence-electron chi connectivity index (χ4n) is 1.65. The van der Waals surface area contributed by atoms with E-state index in [0.717, 1.165) is 5.69 Å². The molecule has 0 spiro atoms. The fourth-order valence-corrected chi connectivity index (χ4v) is 1.65. The average Bonchev–Trinajstić information content (AvgIpc) is 2.40. The van der Waals surface area contributed by atoms with E-state index in [-0.39, 0.29) is 11.3 Å². The molecule has 0 aliphatic rings. The van der Waals surface area contributed by atoms with Gasteiger partial charge in [0.25, 0.3) is 5.91 Å². The minimum absolute atomic E-state index is 0.0820. The molecule has 0 bridgehead atoms. The molecule has 20 heavy (non-hydrogen) atoms. The average molecular weight is 271 g/mol. The molecule has 2 aromatic heterocycles. The lowest BCUT2D eigenvalue weighted by Crippen LogP contribution is -2.15. The van der Waals surface area contributed by atoms with Crippen LogP contribution in [0.1, 0.15) is 32.2 Å². The van der Waals surface area contributed by atoms with Crippen LogP contribution >= 0.6 is 0 Å². The minimum Gasteiger partial charge on any atom is -0.478 e. The molecule has 2 aromatic rings. The third-order valence-corrected chi connectivity index (χ3v) is 2.72. The number of aromatic carboxylic acids is 1. The van der Waals surface area contributed by atoms with E-state index in [1.807, 2.05) is 6.92 Å². The van der Waals surface area contributed by atoms with Crippen LogP contribution in [-0.2, 0) is 0 Å². The Kier molecular flexibility index (Phi) is 3.74. The van der Waals surface area contributed by atoms with Crippen LogP contribution in [0.3, 0.4) is 0 Å². The Morgan fingerprint density at radius 2 is 1.90 bits per heavy atom. The molecule has 0 aliphatic carbocycles. The van der Waals surface area contributed by atoms with Crippen molar-refractivity contribution in [2.75, 3.05) is 5.32 Å². The van der Waals surface area contributed by atoms with E-state index in [4.69, 9.17) is 5.11 Å². The highest BCUT2D eigenvalue weighted by Crippen LogP contribution is 2.10. The third-order valence-electron chi connectivity index (χ3n) is 2.72. The Morgan fingerprint density at radius 3 is 2.45 bits per heavy atom. The molecule has 0 saturated heterocycles. The zero-order chi connectivity index (χ0) is 14.7. The van der Waals surface area contributed by atoms with E-state index in [0.29, 0.717) is 11.4 Å². The van der Waals surface area contributed by atoms with Crippen molar-refractivity contribution in [2.45, 2.75) is 13.8 Å². The molecule has 2 N–H and O–H groups in total. The van der Waals surface area contributed by atoms with Gasteiger partial charge in [0.2, 0.25) is 0 Å². The van der Waals surface area contributed by atoms with E-state index in [9.17, 15) is 9.59 Å². The van der Waals surface area contributed by atoms with Gasteiger partial charge >= 0.3 is 5.97 Å².